The van der Waals surface area contributed by atoms with Crippen molar-refractivity contribution in [2.45, 2.75) is 39.7 Å². The zero-order valence-electron chi connectivity index (χ0n) is 12.0. The van der Waals surface area contributed by atoms with Crippen molar-refractivity contribution in [3.63, 3.8) is 0 Å². The molecule has 0 fully saturated rings. The molecule has 98 valence electrons. The summed E-state index contributed by atoms with van der Waals surface area (Å²) in [5.74, 6) is 1.15. The third kappa shape index (κ3) is 2.91. The van der Waals surface area contributed by atoms with Gasteiger partial charge in [0.1, 0.15) is 5.82 Å². The van der Waals surface area contributed by atoms with Gasteiger partial charge < -0.3 is 9.88 Å². The van der Waals surface area contributed by atoms with Crippen LogP contribution in [-0.4, -0.2) is 21.6 Å². The molecule has 0 saturated heterocycles. The van der Waals surface area contributed by atoms with Crippen molar-refractivity contribution < 1.29 is 0 Å². The van der Waals surface area contributed by atoms with Gasteiger partial charge in [-0.15, -0.1) is 0 Å². The second-order valence-electron chi connectivity index (χ2n) is 6.01. The van der Waals surface area contributed by atoms with Gasteiger partial charge in [0.05, 0.1) is 11.0 Å². The fourth-order valence-electron chi connectivity index (χ4n) is 2.13. The molecular weight excluding hydrogens is 222 g/mol. The fourth-order valence-corrected chi connectivity index (χ4v) is 2.13. The lowest BCUT2D eigenvalue weighted by Gasteiger charge is -2.20. The van der Waals surface area contributed by atoms with Gasteiger partial charge in [-0.05, 0) is 45.4 Å². The molecular formula is C15H23N3. The molecule has 3 heteroatoms. The van der Waals surface area contributed by atoms with Gasteiger partial charge >= 0.3 is 0 Å². The summed E-state index contributed by atoms with van der Waals surface area (Å²) in [6, 6.07) is 6.44. The van der Waals surface area contributed by atoms with Crippen LogP contribution in [0.1, 0.15) is 32.2 Å². The molecule has 1 heterocycles. The molecule has 0 aliphatic carbocycles. The average molecular weight is 245 g/mol. The molecule has 3 nitrogen and oxygen atoms in total. The highest BCUT2D eigenvalue weighted by molar-refractivity contribution is 5.76. The van der Waals surface area contributed by atoms with E-state index in [-0.39, 0.29) is 5.54 Å². The summed E-state index contributed by atoms with van der Waals surface area (Å²) < 4.78 is 2.19. The van der Waals surface area contributed by atoms with E-state index in [4.69, 9.17) is 4.98 Å². The number of benzene rings is 1. The van der Waals surface area contributed by atoms with E-state index in [0.717, 1.165) is 24.3 Å². The molecule has 1 aromatic heterocycles. The van der Waals surface area contributed by atoms with Gasteiger partial charge in [-0.2, -0.15) is 0 Å². The first kappa shape index (κ1) is 13.1. The fraction of sp³-hybridized carbons (Fsp3) is 0.533. The molecule has 2 aromatic rings. The van der Waals surface area contributed by atoms with Crippen LogP contribution in [0, 0.1) is 6.92 Å². The van der Waals surface area contributed by atoms with Crippen molar-refractivity contribution in [2.24, 2.45) is 7.05 Å². The topological polar surface area (TPSA) is 29.9 Å². The van der Waals surface area contributed by atoms with Gasteiger partial charge in [-0.25, -0.2) is 4.98 Å². The van der Waals surface area contributed by atoms with E-state index in [2.05, 4.69) is 62.8 Å². The maximum Gasteiger partial charge on any atom is 0.110 e. The summed E-state index contributed by atoms with van der Waals surface area (Å²) in [7, 11) is 2.09. The lowest BCUT2D eigenvalue weighted by atomic mass is 10.1. The predicted octanol–water partition coefficient (Wildman–Crippen LogP) is 2.81. The van der Waals surface area contributed by atoms with Crippen LogP contribution in [-0.2, 0) is 13.5 Å². The molecule has 0 unspecified atom stereocenters. The van der Waals surface area contributed by atoms with Crippen LogP contribution in [0.5, 0.6) is 0 Å². The third-order valence-electron chi connectivity index (χ3n) is 3.13. The number of hydrogen-bond donors (Lipinski definition) is 1. The summed E-state index contributed by atoms with van der Waals surface area (Å²) in [4.78, 5) is 4.72. The number of aromatic nitrogens is 2. The van der Waals surface area contributed by atoms with Crippen LogP contribution in [0.2, 0.25) is 0 Å². The maximum atomic E-state index is 4.72. The first-order valence-electron chi connectivity index (χ1n) is 6.54. The number of rotatable bonds is 3. The predicted molar refractivity (Wildman–Crippen MR) is 76.9 cm³/mol. The van der Waals surface area contributed by atoms with E-state index in [0.29, 0.717) is 0 Å². The Morgan fingerprint density at radius 2 is 2.00 bits per heavy atom. The van der Waals surface area contributed by atoms with Gasteiger partial charge in [-0.3, -0.25) is 0 Å². The van der Waals surface area contributed by atoms with Crippen LogP contribution in [0.25, 0.3) is 11.0 Å². The van der Waals surface area contributed by atoms with Gasteiger partial charge in [0.25, 0.3) is 0 Å². The summed E-state index contributed by atoms with van der Waals surface area (Å²) in [5.41, 5.74) is 3.75. The van der Waals surface area contributed by atoms with Crippen molar-refractivity contribution in [3.8, 4) is 0 Å². The Kier molecular flexibility index (Phi) is 3.44. The number of nitrogens with one attached hydrogen (secondary N) is 1. The van der Waals surface area contributed by atoms with Crippen LogP contribution in [0.4, 0.5) is 0 Å². The van der Waals surface area contributed by atoms with Gasteiger partial charge in [0.2, 0.25) is 0 Å². The summed E-state index contributed by atoms with van der Waals surface area (Å²) in [6.07, 6.45) is 0.960. The Morgan fingerprint density at radius 3 is 2.67 bits per heavy atom. The first-order valence-corrected chi connectivity index (χ1v) is 6.54. The SMILES string of the molecule is Cc1ccc2c(c1)nc(CCNC(C)(C)C)n2C. The number of nitrogens with zero attached hydrogens (tertiary/aromatic N) is 2. The Bertz CT molecular complexity index is 547. The molecule has 0 bridgehead atoms. The highest BCUT2D eigenvalue weighted by Crippen LogP contribution is 2.16. The second kappa shape index (κ2) is 4.73. The third-order valence-corrected chi connectivity index (χ3v) is 3.13. The smallest absolute Gasteiger partial charge is 0.110 e. The standard InChI is InChI=1S/C15H23N3/c1-11-6-7-13-12(10-11)17-14(18(13)5)8-9-16-15(2,3)4/h6-7,10,16H,8-9H2,1-5H3. The molecule has 2 rings (SSSR count). The highest BCUT2D eigenvalue weighted by atomic mass is 15.1. The molecule has 0 radical (unpaired) electrons. The summed E-state index contributed by atoms with van der Waals surface area (Å²) in [6.45, 7) is 9.62. The van der Waals surface area contributed by atoms with E-state index in [1.165, 1.54) is 11.1 Å². The van der Waals surface area contributed by atoms with Crippen molar-refractivity contribution >= 4 is 11.0 Å². The minimum atomic E-state index is 0.168. The number of aryl methyl sites for hydroxylation is 2. The number of imidazole rings is 1. The summed E-state index contributed by atoms with van der Waals surface area (Å²) in [5, 5.41) is 3.50. The van der Waals surface area contributed by atoms with Crippen LogP contribution < -0.4 is 5.32 Å². The summed E-state index contributed by atoms with van der Waals surface area (Å²) >= 11 is 0. The normalized spacial score (nSPS) is 12.3. The van der Waals surface area contributed by atoms with Gasteiger partial charge in [0, 0.05) is 25.6 Å². The minimum Gasteiger partial charge on any atom is -0.331 e. The number of hydrogen-bond acceptors (Lipinski definition) is 2. The van der Waals surface area contributed by atoms with E-state index < -0.39 is 0 Å². The quantitative estimate of drug-likeness (QED) is 0.901. The second-order valence-corrected chi connectivity index (χ2v) is 6.01. The Hall–Kier alpha value is -1.35. The molecule has 0 aliphatic rings. The average Bonchev–Trinajstić information content (AvgIpc) is 2.53. The largest absolute Gasteiger partial charge is 0.331 e. The molecule has 0 saturated carbocycles. The van der Waals surface area contributed by atoms with E-state index in [1.54, 1.807) is 0 Å². The van der Waals surface area contributed by atoms with Crippen molar-refractivity contribution in [1.82, 2.24) is 14.9 Å². The van der Waals surface area contributed by atoms with Crippen molar-refractivity contribution in [3.05, 3.63) is 29.6 Å². The molecule has 0 aliphatic heterocycles. The monoisotopic (exact) mass is 245 g/mol. The van der Waals surface area contributed by atoms with Crippen LogP contribution in [0.15, 0.2) is 18.2 Å². The van der Waals surface area contributed by atoms with E-state index in [1.807, 2.05) is 0 Å². The highest BCUT2D eigenvalue weighted by Gasteiger charge is 2.11. The van der Waals surface area contributed by atoms with Crippen LogP contribution in [0.3, 0.4) is 0 Å². The Balaban J connectivity index is 2.16. The van der Waals surface area contributed by atoms with E-state index >= 15 is 0 Å². The Morgan fingerprint density at radius 1 is 1.28 bits per heavy atom. The first-order chi connectivity index (χ1) is 8.37. The van der Waals surface area contributed by atoms with E-state index in [9.17, 15) is 0 Å². The molecule has 1 aromatic carbocycles. The molecule has 0 atom stereocenters. The molecule has 18 heavy (non-hydrogen) atoms. The van der Waals surface area contributed by atoms with Gasteiger partial charge in [-0.1, -0.05) is 6.07 Å². The lowest BCUT2D eigenvalue weighted by Crippen LogP contribution is -2.37. The maximum absolute atomic E-state index is 4.72. The molecule has 1 N–H and O–H groups in total. The zero-order chi connectivity index (χ0) is 13.3. The molecule has 0 amide bonds. The number of fused-ring (bicyclic) bond motifs is 1. The van der Waals surface area contributed by atoms with Crippen LogP contribution >= 0.6 is 0 Å². The Labute approximate surface area is 109 Å². The van der Waals surface area contributed by atoms with Crippen molar-refractivity contribution in [2.75, 3.05) is 6.54 Å². The zero-order valence-corrected chi connectivity index (χ0v) is 12.0. The molecule has 0 spiro atoms. The minimum absolute atomic E-state index is 0.168. The lowest BCUT2D eigenvalue weighted by molar-refractivity contribution is 0.426. The van der Waals surface area contributed by atoms with Gasteiger partial charge in [0.15, 0.2) is 0 Å². The van der Waals surface area contributed by atoms with Crippen molar-refractivity contribution in [1.29, 1.82) is 0 Å².